The first-order valence-electron chi connectivity index (χ1n) is 6.25. The molecule has 0 saturated carbocycles. The lowest BCUT2D eigenvalue weighted by molar-refractivity contribution is -0.132. The van der Waals surface area contributed by atoms with Gasteiger partial charge in [0.1, 0.15) is 11.6 Å². The fraction of sp³-hybridized carbons (Fsp3) is 0.0588. The molecule has 0 amide bonds. The fourth-order valence-corrected chi connectivity index (χ4v) is 2.56. The zero-order valence-corrected chi connectivity index (χ0v) is 10.6. The Hall–Kier alpha value is -2.86. The minimum Gasteiger partial charge on any atom is -0.477 e. The largest absolute Gasteiger partial charge is 0.477 e. The molecular formula is C17H11NO2. The number of carbonyl (C=O) groups is 1. The number of nitriles is 1. The maximum absolute atomic E-state index is 10.9. The van der Waals surface area contributed by atoms with E-state index in [9.17, 15) is 4.79 Å². The Morgan fingerprint density at radius 1 is 1.15 bits per heavy atom. The maximum atomic E-state index is 10.9. The number of rotatable bonds is 2. The van der Waals surface area contributed by atoms with Crippen molar-refractivity contribution in [2.24, 2.45) is 0 Å². The van der Waals surface area contributed by atoms with Crippen LogP contribution in [0.5, 0.6) is 0 Å². The highest BCUT2D eigenvalue weighted by Crippen LogP contribution is 2.36. The Morgan fingerprint density at radius 2 is 1.90 bits per heavy atom. The Bertz CT molecular complexity index is 782. The summed E-state index contributed by atoms with van der Waals surface area (Å²) >= 11 is 0. The van der Waals surface area contributed by atoms with Crippen molar-refractivity contribution in [1.29, 1.82) is 5.26 Å². The molecule has 0 heterocycles. The Morgan fingerprint density at radius 3 is 2.65 bits per heavy atom. The van der Waals surface area contributed by atoms with Crippen LogP contribution in [0.4, 0.5) is 0 Å². The van der Waals surface area contributed by atoms with Gasteiger partial charge in [0.2, 0.25) is 0 Å². The van der Waals surface area contributed by atoms with Crippen LogP contribution in [0.3, 0.4) is 0 Å². The highest BCUT2D eigenvalue weighted by Gasteiger charge is 2.17. The summed E-state index contributed by atoms with van der Waals surface area (Å²) < 4.78 is 0. The van der Waals surface area contributed by atoms with E-state index in [2.05, 4.69) is 12.1 Å². The van der Waals surface area contributed by atoms with E-state index >= 15 is 0 Å². The lowest BCUT2D eigenvalue weighted by Gasteiger charge is -2.02. The molecule has 20 heavy (non-hydrogen) atoms. The predicted molar refractivity (Wildman–Crippen MR) is 75.9 cm³/mol. The van der Waals surface area contributed by atoms with E-state index in [4.69, 9.17) is 10.4 Å². The number of hydrogen-bond acceptors (Lipinski definition) is 2. The second-order valence-electron chi connectivity index (χ2n) is 4.73. The van der Waals surface area contributed by atoms with Crippen LogP contribution in [-0.2, 0) is 11.2 Å². The smallest absolute Gasteiger partial charge is 0.346 e. The Labute approximate surface area is 116 Å². The quantitative estimate of drug-likeness (QED) is 0.569. The molecule has 3 nitrogen and oxygen atoms in total. The van der Waals surface area contributed by atoms with Gasteiger partial charge >= 0.3 is 5.97 Å². The molecule has 0 atom stereocenters. The molecule has 0 bridgehead atoms. The van der Waals surface area contributed by atoms with Crippen LogP contribution in [0.2, 0.25) is 0 Å². The predicted octanol–water partition coefficient (Wildman–Crippen LogP) is 3.25. The fourth-order valence-electron chi connectivity index (χ4n) is 2.56. The SMILES string of the molecule is N#C/C(=C\c1ccc2c(c1)Cc1ccccc1-2)C(=O)O. The van der Waals surface area contributed by atoms with E-state index in [-0.39, 0.29) is 5.57 Å². The van der Waals surface area contributed by atoms with Gasteiger partial charge in [-0.15, -0.1) is 0 Å². The first kappa shape index (κ1) is 12.2. The van der Waals surface area contributed by atoms with Crippen molar-refractivity contribution in [3.8, 4) is 17.2 Å². The zero-order valence-electron chi connectivity index (χ0n) is 10.6. The van der Waals surface area contributed by atoms with Crippen LogP contribution in [0.1, 0.15) is 16.7 Å². The van der Waals surface area contributed by atoms with Gasteiger partial charge < -0.3 is 5.11 Å². The van der Waals surface area contributed by atoms with Gasteiger partial charge in [-0.25, -0.2) is 4.79 Å². The lowest BCUT2D eigenvalue weighted by atomic mass is 10.0. The van der Waals surface area contributed by atoms with Crippen LogP contribution >= 0.6 is 0 Å². The summed E-state index contributed by atoms with van der Waals surface area (Å²) in [6.07, 6.45) is 2.26. The van der Waals surface area contributed by atoms with Crippen molar-refractivity contribution in [2.75, 3.05) is 0 Å². The molecule has 0 radical (unpaired) electrons. The monoisotopic (exact) mass is 261 g/mol. The van der Waals surface area contributed by atoms with E-state index in [1.165, 1.54) is 28.3 Å². The molecule has 96 valence electrons. The lowest BCUT2D eigenvalue weighted by Crippen LogP contribution is -1.97. The number of benzene rings is 2. The summed E-state index contributed by atoms with van der Waals surface area (Å²) in [5, 5.41) is 17.7. The summed E-state index contributed by atoms with van der Waals surface area (Å²) in [7, 11) is 0. The maximum Gasteiger partial charge on any atom is 0.346 e. The average molecular weight is 261 g/mol. The first-order valence-corrected chi connectivity index (χ1v) is 6.25. The third-order valence-corrected chi connectivity index (χ3v) is 3.48. The van der Waals surface area contributed by atoms with Crippen LogP contribution in [0.15, 0.2) is 48.0 Å². The number of aliphatic carboxylic acids is 1. The molecule has 0 aromatic heterocycles. The molecule has 0 saturated heterocycles. The van der Waals surface area contributed by atoms with Gasteiger partial charge in [0.15, 0.2) is 0 Å². The summed E-state index contributed by atoms with van der Waals surface area (Å²) in [4.78, 5) is 10.9. The van der Waals surface area contributed by atoms with Crippen molar-refractivity contribution >= 4 is 12.0 Å². The van der Waals surface area contributed by atoms with Gasteiger partial charge in [0.05, 0.1) is 0 Å². The molecule has 0 spiro atoms. The number of carboxylic acids is 1. The zero-order chi connectivity index (χ0) is 14.1. The molecule has 3 heteroatoms. The molecule has 0 unspecified atom stereocenters. The van der Waals surface area contributed by atoms with Gasteiger partial charge in [0, 0.05) is 0 Å². The van der Waals surface area contributed by atoms with Gasteiger partial charge in [0.25, 0.3) is 0 Å². The van der Waals surface area contributed by atoms with E-state index < -0.39 is 5.97 Å². The van der Waals surface area contributed by atoms with E-state index in [1.54, 1.807) is 6.07 Å². The molecule has 0 aliphatic heterocycles. The molecule has 1 N–H and O–H groups in total. The number of carboxylic acid groups (broad SMARTS) is 1. The van der Waals surface area contributed by atoms with Gasteiger partial charge in [-0.1, -0.05) is 42.5 Å². The van der Waals surface area contributed by atoms with E-state index in [0.717, 1.165) is 12.0 Å². The number of nitrogens with zero attached hydrogens (tertiary/aromatic N) is 1. The number of fused-ring (bicyclic) bond motifs is 3. The minimum atomic E-state index is -1.20. The summed E-state index contributed by atoms with van der Waals surface area (Å²) in [6.45, 7) is 0. The third-order valence-electron chi connectivity index (χ3n) is 3.48. The van der Waals surface area contributed by atoms with Crippen molar-refractivity contribution in [1.82, 2.24) is 0 Å². The van der Waals surface area contributed by atoms with Crippen LogP contribution in [0, 0.1) is 11.3 Å². The van der Waals surface area contributed by atoms with Crippen LogP contribution < -0.4 is 0 Å². The van der Waals surface area contributed by atoms with Crippen molar-refractivity contribution < 1.29 is 9.90 Å². The van der Waals surface area contributed by atoms with Crippen LogP contribution in [0.25, 0.3) is 17.2 Å². The van der Waals surface area contributed by atoms with Gasteiger partial charge in [-0.2, -0.15) is 5.26 Å². The van der Waals surface area contributed by atoms with E-state index in [1.807, 2.05) is 30.3 Å². The van der Waals surface area contributed by atoms with Gasteiger partial charge in [-0.05, 0) is 40.3 Å². The summed E-state index contributed by atoms with van der Waals surface area (Å²) in [5.74, 6) is -1.20. The topological polar surface area (TPSA) is 61.1 Å². The van der Waals surface area contributed by atoms with Crippen molar-refractivity contribution in [3.63, 3.8) is 0 Å². The molecule has 0 fully saturated rings. The molecule has 2 aromatic rings. The molecule has 2 aromatic carbocycles. The minimum absolute atomic E-state index is 0.250. The molecule has 1 aliphatic carbocycles. The highest BCUT2D eigenvalue weighted by atomic mass is 16.4. The normalized spacial score (nSPS) is 12.4. The Kier molecular flexibility index (Phi) is 2.85. The average Bonchev–Trinajstić information content (AvgIpc) is 2.82. The second-order valence-corrected chi connectivity index (χ2v) is 4.73. The standard InChI is InChI=1S/C17H11NO2/c18-10-14(17(19)20)8-11-5-6-16-13(7-11)9-12-3-1-2-4-15(12)16/h1-8H,9H2,(H,19,20)/b14-8+. The molecule has 1 aliphatic rings. The summed E-state index contributed by atoms with van der Waals surface area (Å²) in [5.41, 5.74) is 5.37. The summed E-state index contributed by atoms with van der Waals surface area (Å²) in [6, 6.07) is 15.7. The first-order chi connectivity index (χ1) is 9.69. The van der Waals surface area contributed by atoms with Crippen molar-refractivity contribution in [2.45, 2.75) is 6.42 Å². The second kappa shape index (κ2) is 4.67. The van der Waals surface area contributed by atoms with Gasteiger partial charge in [-0.3, -0.25) is 0 Å². The molecule has 3 rings (SSSR count). The molecular weight excluding hydrogens is 250 g/mol. The third kappa shape index (κ3) is 1.98. The van der Waals surface area contributed by atoms with E-state index in [0.29, 0.717) is 0 Å². The van der Waals surface area contributed by atoms with Crippen LogP contribution in [-0.4, -0.2) is 11.1 Å². The van der Waals surface area contributed by atoms with Crippen molar-refractivity contribution in [3.05, 3.63) is 64.7 Å². The Balaban J connectivity index is 2.04. The highest BCUT2D eigenvalue weighted by molar-refractivity contribution is 5.96. The number of hydrogen-bond donors (Lipinski definition) is 1.